The van der Waals surface area contributed by atoms with Crippen LogP contribution in [0.25, 0.3) is 0 Å². The lowest BCUT2D eigenvalue weighted by Crippen LogP contribution is -2.00. The van der Waals surface area contributed by atoms with E-state index in [9.17, 15) is 0 Å². The number of hydrogen-bond acceptors (Lipinski definition) is 3. The van der Waals surface area contributed by atoms with Crippen LogP contribution in [0.15, 0.2) is 12.4 Å². The van der Waals surface area contributed by atoms with Crippen molar-refractivity contribution in [3.63, 3.8) is 0 Å². The van der Waals surface area contributed by atoms with Crippen LogP contribution in [0.2, 0.25) is 0 Å². The number of rotatable bonds is 2. The summed E-state index contributed by atoms with van der Waals surface area (Å²) in [5.74, 6) is 0. The summed E-state index contributed by atoms with van der Waals surface area (Å²) in [5, 5.41) is 21.5. The predicted molar refractivity (Wildman–Crippen MR) is 43.2 cm³/mol. The topological polar surface area (TPSA) is 61.8 Å². The molecule has 0 aromatic carbocycles. The summed E-state index contributed by atoms with van der Waals surface area (Å²) in [6.45, 7) is 3.96. The fourth-order valence-electron chi connectivity index (χ4n) is 0.851. The summed E-state index contributed by atoms with van der Waals surface area (Å²) in [6, 6.07) is 1.99. The molecule has 0 bridgehead atoms. The number of aliphatic hydroxyl groups is 1. The smallest absolute Gasteiger partial charge is 0.168 e. The van der Waals surface area contributed by atoms with E-state index in [0.29, 0.717) is 5.56 Å². The molecule has 4 heteroatoms. The molecular weight excluding hydrogens is 154 g/mol. The van der Waals surface area contributed by atoms with Crippen molar-refractivity contribution in [2.24, 2.45) is 0 Å². The van der Waals surface area contributed by atoms with E-state index in [4.69, 9.17) is 10.4 Å². The number of nitriles is 1. The Morgan fingerprint density at radius 1 is 1.67 bits per heavy atom. The van der Waals surface area contributed by atoms with Gasteiger partial charge >= 0.3 is 0 Å². The van der Waals surface area contributed by atoms with Gasteiger partial charge in [-0.05, 0) is 13.8 Å². The molecule has 0 aliphatic heterocycles. The summed E-state index contributed by atoms with van der Waals surface area (Å²) < 4.78 is 1.70. The van der Waals surface area contributed by atoms with E-state index >= 15 is 0 Å². The van der Waals surface area contributed by atoms with Gasteiger partial charge in [-0.1, -0.05) is 0 Å². The average Bonchev–Trinajstić information content (AvgIpc) is 2.51. The molecule has 0 saturated carbocycles. The fraction of sp³-hybridized carbons (Fsp3) is 0.500. The molecule has 1 aromatic heterocycles. The van der Waals surface area contributed by atoms with E-state index in [-0.39, 0.29) is 6.04 Å². The van der Waals surface area contributed by atoms with Gasteiger partial charge in [0.05, 0.1) is 12.3 Å². The zero-order valence-electron chi connectivity index (χ0n) is 7.10. The maximum atomic E-state index is 9.11. The highest BCUT2D eigenvalue weighted by Gasteiger charge is 2.08. The van der Waals surface area contributed by atoms with Crippen LogP contribution in [0.5, 0.6) is 0 Å². The summed E-state index contributed by atoms with van der Waals surface area (Å²) in [4.78, 5) is 0. The number of aliphatic hydroxyl groups excluding tert-OH is 1. The molecule has 1 aromatic rings. The maximum Gasteiger partial charge on any atom is 0.168 e. The zero-order chi connectivity index (χ0) is 9.14. The standard InChI is InChI=1S/C8H11N3O/c1-6(2)11-5-7(4-10-11)8(12)3-9/h4-6,8,12H,1-2H3. The van der Waals surface area contributed by atoms with Gasteiger partial charge in [0.2, 0.25) is 0 Å². The zero-order valence-corrected chi connectivity index (χ0v) is 7.10. The number of hydrogen-bond donors (Lipinski definition) is 1. The Morgan fingerprint density at radius 3 is 2.75 bits per heavy atom. The van der Waals surface area contributed by atoms with Crippen LogP contribution in [0.1, 0.15) is 31.6 Å². The minimum Gasteiger partial charge on any atom is -0.374 e. The third kappa shape index (κ3) is 1.63. The highest BCUT2D eigenvalue weighted by molar-refractivity contribution is 5.14. The van der Waals surface area contributed by atoms with Crippen LogP contribution < -0.4 is 0 Å². The summed E-state index contributed by atoms with van der Waals surface area (Å²) in [7, 11) is 0. The third-order valence-electron chi connectivity index (χ3n) is 1.59. The Balaban J connectivity index is 2.86. The molecule has 1 N–H and O–H groups in total. The summed E-state index contributed by atoms with van der Waals surface area (Å²) in [5.41, 5.74) is 0.547. The van der Waals surface area contributed by atoms with Crippen LogP contribution in [-0.2, 0) is 0 Å². The second-order valence-electron chi connectivity index (χ2n) is 2.88. The average molecular weight is 165 g/mol. The van der Waals surface area contributed by atoms with Crippen molar-refractivity contribution in [1.82, 2.24) is 9.78 Å². The Bertz CT molecular complexity index is 297. The lowest BCUT2D eigenvalue weighted by Gasteiger charge is -2.03. The molecule has 1 rings (SSSR count). The molecule has 12 heavy (non-hydrogen) atoms. The first-order valence-corrected chi connectivity index (χ1v) is 3.77. The molecule has 0 spiro atoms. The summed E-state index contributed by atoms with van der Waals surface area (Å²) >= 11 is 0. The molecule has 64 valence electrons. The molecular formula is C8H11N3O. The second kappa shape index (κ2) is 3.37. The van der Waals surface area contributed by atoms with E-state index in [1.165, 1.54) is 6.20 Å². The van der Waals surface area contributed by atoms with Gasteiger partial charge in [0, 0.05) is 17.8 Å². The van der Waals surface area contributed by atoms with Gasteiger partial charge in [-0.3, -0.25) is 4.68 Å². The van der Waals surface area contributed by atoms with Crippen molar-refractivity contribution < 1.29 is 5.11 Å². The minimum atomic E-state index is -1.06. The molecule has 0 aliphatic rings. The van der Waals surface area contributed by atoms with E-state index in [2.05, 4.69) is 5.10 Å². The first kappa shape index (κ1) is 8.75. The van der Waals surface area contributed by atoms with Gasteiger partial charge in [0.25, 0.3) is 0 Å². The lowest BCUT2D eigenvalue weighted by atomic mass is 10.2. The van der Waals surface area contributed by atoms with Gasteiger partial charge in [-0.15, -0.1) is 0 Å². The number of aromatic nitrogens is 2. The molecule has 0 aliphatic carbocycles. The van der Waals surface area contributed by atoms with Crippen LogP contribution in [0.3, 0.4) is 0 Å². The molecule has 1 unspecified atom stereocenters. The van der Waals surface area contributed by atoms with E-state index in [1.807, 2.05) is 13.8 Å². The maximum absolute atomic E-state index is 9.11. The van der Waals surface area contributed by atoms with Crippen LogP contribution in [-0.4, -0.2) is 14.9 Å². The van der Waals surface area contributed by atoms with Gasteiger partial charge in [-0.25, -0.2) is 0 Å². The molecule has 1 atom stereocenters. The van der Waals surface area contributed by atoms with Crippen molar-refractivity contribution in [1.29, 1.82) is 5.26 Å². The molecule has 0 fully saturated rings. The molecule has 0 saturated heterocycles. The lowest BCUT2D eigenvalue weighted by molar-refractivity contribution is 0.235. The Hall–Kier alpha value is -1.34. The predicted octanol–water partition coefficient (Wildman–Crippen LogP) is 1.02. The van der Waals surface area contributed by atoms with E-state index in [0.717, 1.165) is 0 Å². The minimum absolute atomic E-state index is 0.254. The quantitative estimate of drug-likeness (QED) is 0.665. The fourth-order valence-corrected chi connectivity index (χ4v) is 0.851. The van der Waals surface area contributed by atoms with Gasteiger partial charge < -0.3 is 5.11 Å². The van der Waals surface area contributed by atoms with Crippen molar-refractivity contribution in [2.75, 3.05) is 0 Å². The van der Waals surface area contributed by atoms with Gasteiger partial charge in [-0.2, -0.15) is 10.4 Å². The monoisotopic (exact) mass is 165 g/mol. The van der Waals surface area contributed by atoms with Crippen molar-refractivity contribution in [3.8, 4) is 6.07 Å². The molecule has 4 nitrogen and oxygen atoms in total. The largest absolute Gasteiger partial charge is 0.374 e. The number of nitrogens with zero attached hydrogens (tertiary/aromatic N) is 3. The normalized spacial score (nSPS) is 12.9. The van der Waals surface area contributed by atoms with Crippen molar-refractivity contribution in [2.45, 2.75) is 26.0 Å². The van der Waals surface area contributed by atoms with Crippen molar-refractivity contribution in [3.05, 3.63) is 18.0 Å². The van der Waals surface area contributed by atoms with Crippen molar-refractivity contribution >= 4 is 0 Å². The Kier molecular flexibility index (Phi) is 2.46. The Labute approximate surface area is 71.1 Å². The Morgan fingerprint density at radius 2 is 2.33 bits per heavy atom. The highest BCUT2D eigenvalue weighted by atomic mass is 16.3. The third-order valence-corrected chi connectivity index (χ3v) is 1.59. The first-order chi connectivity index (χ1) is 5.65. The van der Waals surface area contributed by atoms with E-state index in [1.54, 1.807) is 16.9 Å². The molecule has 0 amide bonds. The SMILES string of the molecule is CC(C)n1cc(C(O)C#N)cn1. The van der Waals surface area contributed by atoms with E-state index < -0.39 is 6.10 Å². The van der Waals surface area contributed by atoms with Gasteiger partial charge in [0.15, 0.2) is 6.10 Å². The molecule has 1 heterocycles. The molecule has 0 radical (unpaired) electrons. The highest BCUT2D eigenvalue weighted by Crippen LogP contribution is 2.12. The summed E-state index contributed by atoms with van der Waals surface area (Å²) in [6.07, 6.45) is 2.13. The van der Waals surface area contributed by atoms with Crippen LogP contribution in [0.4, 0.5) is 0 Å². The van der Waals surface area contributed by atoms with Crippen LogP contribution in [0, 0.1) is 11.3 Å². The first-order valence-electron chi connectivity index (χ1n) is 3.77. The second-order valence-corrected chi connectivity index (χ2v) is 2.88. The van der Waals surface area contributed by atoms with Gasteiger partial charge in [0.1, 0.15) is 0 Å². The van der Waals surface area contributed by atoms with Crippen LogP contribution >= 0.6 is 0 Å².